The number of amides is 1. The topological polar surface area (TPSA) is 41.6 Å². The van der Waals surface area contributed by atoms with Crippen LogP contribution >= 0.6 is 0 Å². The lowest BCUT2D eigenvalue weighted by molar-refractivity contribution is -0.128. The van der Waals surface area contributed by atoms with E-state index >= 15 is 0 Å². The van der Waals surface area contributed by atoms with Crippen molar-refractivity contribution in [1.29, 1.82) is 0 Å². The number of hydrogen-bond donors (Lipinski definition) is 1. The zero-order valence-corrected chi connectivity index (χ0v) is 14.6. The zero-order chi connectivity index (χ0) is 17.2. The number of nitrogens with one attached hydrogen (secondary N) is 1. The van der Waals surface area contributed by atoms with E-state index in [4.69, 9.17) is 4.74 Å². The zero-order valence-electron chi connectivity index (χ0n) is 14.6. The highest BCUT2D eigenvalue weighted by molar-refractivity contribution is 5.81. The van der Waals surface area contributed by atoms with Gasteiger partial charge in [-0.2, -0.15) is 0 Å². The monoisotopic (exact) mass is 336 g/mol. The fraction of sp³-hybridized carbons (Fsp3) is 0.632. The Balaban J connectivity index is 1.68. The molecule has 0 spiro atoms. The van der Waals surface area contributed by atoms with Crippen molar-refractivity contribution in [2.45, 2.75) is 51.6 Å². The molecular formula is C19H29FN2O2. The maximum Gasteiger partial charge on any atom is 0.261 e. The molecule has 5 heteroatoms. The van der Waals surface area contributed by atoms with E-state index in [-0.39, 0.29) is 11.7 Å². The minimum atomic E-state index is -0.534. The quantitative estimate of drug-likeness (QED) is 0.740. The second kappa shape index (κ2) is 10.3. The Kier molecular flexibility index (Phi) is 8.02. The largest absolute Gasteiger partial charge is 0.481 e. The van der Waals surface area contributed by atoms with Crippen LogP contribution in [-0.4, -0.2) is 43.1 Å². The molecule has 1 fully saturated rings. The third kappa shape index (κ3) is 6.48. The molecule has 2 rings (SSSR count). The predicted octanol–water partition coefficient (Wildman–Crippen LogP) is 3.37. The number of carbonyl (C=O) groups excluding carboxylic acids is 1. The summed E-state index contributed by atoms with van der Waals surface area (Å²) in [5, 5.41) is 2.96. The maximum absolute atomic E-state index is 12.9. The van der Waals surface area contributed by atoms with E-state index in [1.807, 2.05) is 6.92 Å². The average molecular weight is 336 g/mol. The number of carbonyl (C=O) groups is 1. The van der Waals surface area contributed by atoms with Gasteiger partial charge in [-0.3, -0.25) is 4.79 Å². The summed E-state index contributed by atoms with van der Waals surface area (Å²) < 4.78 is 18.6. The highest BCUT2D eigenvalue weighted by atomic mass is 19.1. The van der Waals surface area contributed by atoms with Gasteiger partial charge >= 0.3 is 0 Å². The summed E-state index contributed by atoms with van der Waals surface area (Å²) in [6.45, 7) is 5.97. The molecule has 0 saturated carbocycles. The van der Waals surface area contributed by atoms with Gasteiger partial charge in [-0.1, -0.05) is 19.8 Å². The summed E-state index contributed by atoms with van der Waals surface area (Å²) in [5.74, 6) is 0.106. The highest BCUT2D eigenvalue weighted by Crippen LogP contribution is 2.14. The van der Waals surface area contributed by atoms with Crippen LogP contribution in [0.3, 0.4) is 0 Å². The van der Waals surface area contributed by atoms with Gasteiger partial charge in [-0.05, 0) is 69.6 Å². The van der Waals surface area contributed by atoms with Crippen molar-refractivity contribution in [3.8, 4) is 5.75 Å². The van der Waals surface area contributed by atoms with E-state index in [2.05, 4.69) is 10.2 Å². The standard InChI is InChI=1S/C19H29FN2O2/c1-2-18(24-17-10-8-16(20)9-11-17)19(23)21-12-7-15-22-13-5-3-4-6-14-22/h8-11,18H,2-7,12-15H2,1H3,(H,21,23)/t18-/m1/s1. The van der Waals surface area contributed by atoms with Crippen LogP contribution in [0.15, 0.2) is 24.3 Å². The van der Waals surface area contributed by atoms with E-state index in [9.17, 15) is 9.18 Å². The summed E-state index contributed by atoms with van der Waals surface area (Å²) >= 11 is 0. The molecule has 1 N–H and O–H groups in total. The van der Waals surface area contributed by atoms with Gasteiger partial charge in [-0.15, -0.1) is 0 Å². The number of halogens is 1. The smallest absolute Gasteiger partial charge is 0.261 e. The van der Waals surface area contributed by atoms with Crippen LogP contribution in [0.2, 0.25) is 0 Å². The molecular weight excluding hydrogens is 307 g/mol. The molecule has 1 aliphatic heterocycles. The van der Waals surface area contributed by atoms with Gasteiger partial charge in [0.1, 0.15) is 11.6 Å². The van der Waals surface area contributed by atoms with E-state index < -0.39 is 6.10 Å². The number of ether oxygens (including phenoxy) is 1. The van der Waals surface area contributed by atoms with Crippen LogP contribution in [0.4, 0.5) is 4.39 Å². The second-order valence-corrected chi connectivity index (χ2v) is 6.37. The Hall–Kier alpha value is -1.62. The van der Waals surface area contributed by atoms with Crippen molar-refractivity contribution in [2.24, 2.45) is 0 Å². The van der Waals surface area contributed by atoms with Crippen molar-refractivity contribution in [2.75, 3.05) is 26.2 Å². The van der Waals surface area contributed by atoms with Gasteiger partial charge in [-0.25, -0.2) is 4.39 Å². The molecule has 4 nitrogen and oxygen atoms in total. The molecule has 1 aromatic carbocycles. The van der Waals surface area contributed by atoms with E-state index in [1.165, 1.54) is 50.9 Å². The Morgan fingerprint density at radius 3 is 2.50 bits per heavy atom. The molecule has 1 aliphatic rings. The van der Waals surface area contributed by atoms with Crippen LogP contribution in [0.5, 0.6) is 5.75 Å². The molecule has 0 bridgehead atoms. The van der Waals surface area contributed by atoms with Crippen LogP contribution < -0.4 is 10.1 Å². The lowest BCUT2D eigenvalue weighted by Gasteiger charge is -2.20. The third-order valence-electron chi connectivity index (χ3n) is 4.40. The number of hydrogen-bond acceptors (Lipinski definition) is 3. The van der Waals surface area contributed by atoms with Gasteiger partial charge in [0.15, 0.2) is 6.10 Å². The summed E-state index contributed by atoms with van der Waals surface area (Å²) in [6, 6.07) is 5.76. The highest BCUT2D eigenvalue weighted by Gasteiger charge is 2.18. The first kappa shape index (κ1) is 18.7. The van der Waals surface area contributed by atoms with Crippen LogP contribution in [0.1, 0.15) is 45.4 Å². The van der Waals surface area contributed by atoms with Gasteiger partial charge < -0.3 is 15.0 Å². The van der Waals surface area contributed by atoms with Crippen molar-refractivity contribution in [3.05, 3.63) is 30.1 Å². The van der Waals surface area contributed by atoms with Gasteiger partial charge in [0.2, 0.25) is 0 Å². The molecule has 1 heterocycles. The number of nitrogens with zero attached hydrogens (tertiary/aromatic N) is 1. The van der Waals surface area contributed by atoms with Gasteiger partial charge in [0, 0.05) is 6.54 Å². The van der Waals surface area contributed by atoms with Gasteiger partial charge in [0.25, 0.3) is 5.91 Å². The second-order valence-electron chi connectivity index (χ2n) is 6.37. The molecule has 1 atom stereocenters. The number of rotatable bonds is 8. The lowest BCUT2D eigenvalue weighted by Crippen LogP contribution is -2.39. The molecule has 24 heavy (non-hydrogen) atoms. The van der Waals surface area contributed by atoms with Crippen molar-refractivity contribution < 1.29 is 13.9 Å². The van der Waals surface area contributed by atoms with Crippen LogP contribution in [0, 0.1) is 5.82 Å². The Morgan fingerprint density at radius 1 is 1.21 bits per heavy atom. The number of likely N-dealkylation sites (tertiary alicyclic amines) is 1. The first-order valence-electron chi connectivity index (χ1n) is 9.11. The van der Waals surface area contributed by atoms with E-state index in [0.29, 0.717) is 18.7 Å². The van der Waals surface area contributed by atoms with Crippen molar-refractivity contribution >= 4 is 5.91 Å². The molecule has 1 aromatic rings. The SMILES string of the molecule is CC[C@@H](Oc1ccc(F)cc1)C(=O)NCCCN1CCCCCC1. The molecule has 0 radical (unpaired) electrons. The lowest BCUT2D eigenvalue weighted by atomic mass is 10.2. The maximum atomic E-state index is 12.9. The molecule has 1 saturated heterocycles. The first-order valence-corrected chi connectivity index (χ1v) is 9.11. The van der Waals surface area contributed by atoms with E-state index in [1.54, 1.807) is 12.1 Å². The molecule has 134 valence electrons. The Morgan fingerprint density at radius 2 is 1.88 bits per heavy atom. The fourth-order valence-corrected chi connectivity index (χ4v) is 2.99. The summed E-state index contributed by atoms with van der Waals surface area (Å²) in [4.78, 5) is 14.7. The molecule has 0 aliphatic carbocycles. The number of benzene rings is 1. The van der Waals surface area contributed by atoms with Crippen molar-refractivity contribution in [3.63, 3.8) is 0 Å². The average Bonchev–Trinajstić information content (AvgIpc) is 2.87. The van der Waals surface area contributed by atoms with E-state index in [0.717, 1.165) is 13.0 Å². The normalized spacial score (nSPS) is 17.1. The molecule has 0 unspecified atom stereocenters. The summed E-state index contributed by atoms with van der Waals surface area (Å²) in [7, 11) is 0. The third-order valence-corrected chi connectivity index (χ3v) is 4.40. The fourth-order valence-electron chi connectivity index (χ4n) is 2.99. The summed E-state index contributed by atoms with van der Waals surface area (Å²) in [6.07, 6.45) is 6.26. The minimum Gasteiger partial charge on any atom is -0.481 e. The minimum absolute atomic E-state index is 0.0994. The predicted molar refractivity (Wildman–Crippen MR) is 93.6 cm³/mol. The van der Waals surface area contributed by atoms with Gasteiger partial charge in [0.05, 0.1) is 0 Å². The molecule has 1 amide bonds. The molecule has 0 aromatic heterocycles. The summed E-state index contributed by atoms with van der Waals surface area (Å²) in [5.41, 5.74) is 0. The van der Waals surface area contributed by atoms with Crippen molar-refractivity contribution in [1.82, 2.24) is 10.2 Å². The Bertz CT molecular complexity index is 485. The Labute approximate surface area is 144 Å². The van der Waals surface area contributed by atoms with Crippen LogP contribution in [-0.2, 0) is 4.79 Å². The first-order chi connectivity index (χ1) is 11.7. The van der Waals surface area contributed by atoms with Crippen LogP contribution in [0.25, 0.3) is 0 Å².